The Balaban J connectivity index is 2.23. The summed E-state index contributed by atoms with van der Waals surface area (Å²) in [6.45, 7) is 1.28. The van der Waals surface area contributed by atoms with Crippen molar-refractivity contribution in [2.75, 3.05) is 13.1 Å². The predicted octanol–water partition coefficient (Wildman–Crippen LogP) is 2.39. The number of carbonyl (C=O) groups is 1. The largest absolute Gasteiger partial charge is 0.507 e. The molecule has 1 saturated heterocycles. The number of likely N-dealkylation sites (tertiary alicyclic amines) is 1. The van der Waals surface area contributed by atoms with Crippen molar-refractivity contribution in [3.63, 3.8) is 0 Å². The van der Waals surface area contributed by atoms with E-state index in [2.05, 4.69) is 0 Å². The van der Waals surface area contributed by atoms with Crippen LogP contribution in [-0.4, -0.2) is 35.0 Å². The SMILES string of the molecule is NCCC1CCCCN1C(=O)c1cc(Cl)ccc1O. The molecule has 0 bridgehead atoms. The summed E-state index contributed by atoms with van der Waals surface area (Å²) in [5.41, 5.74) is 5.88. The van der Waals surface area contributed by atoms with E-state index < -0.39 is 0 Å². The molecule has 0 spiro atoms. The van der Waals surface area contributed by atoms with Gasteiger partial charge in [0.25, 0.3) is 5.91 Å². The molecular formula is C14H19ClN2O2. The maximum absolute atomic E-state index is 12.5. The Kier molecular flexibility index (Phi) is 4.66. The molecule has 19 heavy (non-hydrogen) atoms. The smallest absolute Gasteiger partial charge is 0.257 e. The average Bonchev–Trinajstić information content (AvgIpc) is 2.42. The molecule has 1 heterocycles. The second kappa shape index (κ2) is 6.26. The number of amides is 1. The minimum absolute atomic E-state index is 0.0218. The number of phenols is 1. The van der Waals surface area contributed by atoms with Gasteiger partial charge in [-0.25, -0.2) is 0 Å². The van der Waals surface area contributed by atoms with Gasteiger partial charge in [0, 0.05) is 17.6 Å². The summed E-state index contributed by atoms with van der Waals surface area (Å²) in [5, 5.41) is 10.3. The molecule has 1 unspecified atom stereocenters. The fourth-order valence-corrected chi connectivity index (χ4v) is 2.77. The van der Waals surface area contributed by atoms with Gasteiger partial charge in [-0.2, -0.15) is 0 Å². The van der Waals surface area contributed by atoms with Gasteiger partial charge in [0.05, 0.1) is 5.56 Å². The summed E-state index contributed by atoms with van der Waals surface area (Å²) in [6, 6.07) is 4.72. The van der Waals surface area contributed by atoms with E-state index in [0.717, 1.165) is 32.2 Å². The van der Waals surface area contributed by atoms with Crippen LogP contribution in [0.15, 0.2) is 18.2 Å². The van der Waals surface area contributed by atoms with Crippen LogP contribution < -0.4 is 5.73 Å². The molecule has 1 atom stereocenters. The molecule has 1 amide bonds. The molecule has 3 N–H and O–H groups in total. The molecule has 0 saturated carbocycles. The quantitative estimate of drug-likeness (QED) is 0.894. The molecule has 1 aromatic carbocycles. The molecule has 0 aromatic heterocycles. The summed E-state index contributed by atoms with van der Waals surface area (Å²) < 4.78 is 0. The summed E-state index contributed by atoms with van der Waals surface area (Å²) in [7, 11) is 0. The number of hydrogen-bond acceptors (Lipinski definition) is 3. The zero-order chi connectivity index (χ0) is 13.8. The van der Waals surface area contributed by atoms with Crippen molar-refractivity contribution >= 4 is 17.5 Å². The van der Waals surface area contributed by atoms with Crippen LogP contribution in [0.25, 0.3) is 0 Å². The minimum Gasteiger partial charge on any atom is -0.507 e. The monoisotopic (exact) mass is 282 g/mol. The number of nitrogens with zero attached hydrogens (tertiary/aromatic N) is 1. The van der Waals surface area contributed by atoms with Gasteiger partial charge in [-0.3, -0.25) is 4.79 Å². The van der Waals surface area contributed by atoms with Crippen molar-refractivity contribution < 1.29 is 9.90 Å². The summed E-state index contributed by atoms with van der Waals surface area (Å²) in [4.78, 5) is 14.3. The Morgan fingerprint density at radius 3 is 3.00 bits per heavy atom. The average molecular weight is 283 g/mol. The maximum Gasteiger partial charge on any atom is 0.257 e. The lowest BCUT2D eigenvalue weighted by Crippen LogP contribution is -2.44. The van der Waals surface area contributed by atoms with Gasteiger partial charge in [0.2, 0.25) is 0 Å². The first-order valence-electron chi connectivity index (χ1n) is 6.63. The predicted molar refractivity (Wildman–Crippen MR) is 75.5 cm³/mol. The van der Waals surface area contributed by atoms with E-state index in [0.29, 0.717) is 11.6 Å². The van der Waals surface area contributed by atoms with Crippen molar-refractivity contribution in [1.29, 1.82) is 0 Å². The van der Waals surface area contributed by atoms with Gasteiger partial charge in [-0.15, -0.1) is 0 Å². The molecule has 4 nitrogen and oxygen atoms in total. The number of aromatic hydroxyl groups is 1. The van der Waals surface area contributed by atoms with Crippen molar-refractivity contribution in [2.45, 2.75) is 31.7 Å². The molecule has 1 fully saturated rings. The van der Waals surface area contributed by atoms with Crippen LogP contribution in [0.4, 0.5) is 0 Å². The van der Waals surface area contributed by atoms with Crippen molar-refractivity contribution in [3.8, 4) is 5.75 Å². The van der Waals surface area contributed by atoms with Crippen LogP contribution in [0, 0.1) is 0 Å². The first-order valence-corrected chi connectivity index (χ1v) is 7.01. The van der Waals surface area contributed by atoms with Gasteiger partial charge in [-0.1, -0.05) is 11.6 Å². The van der Waals surface area contributed by atoms with Crippen LogP contribution in [0.5, 0.6) is 5.75 Å². The number of carbonyl (C=O) groups excluding carboxylic acids is 1. The Morgan fingerprint density at radius 2 is 2.26 bits per heavy atom. The van der Waals surface area contributed by atoms with Crippen LogP contribution in [0.3, 0.4) is 0 Å². The highest BCUT2D eigenvalue weighted by Crippen LogP contribution is 2.27. The van der Waals surface area contributed by atoms with E-state index in [9.17, 15) is 9.90 Å². The first-order chi connectivity index (χ1) is 9.13. The molecule has 2 rings (SSSR count). The van der Waals surface area contributed by atoms with Crippen LogP contribution in [0.2, 0.25) is 5.02 Å². The number of piperidine rings is 1. The first kappa shape index (κ1) is 14.2. The Hall–Kier alpha value is -1.26. The standard InChI is InChI=1S/C14H19ClN2O2/c15-10-4-5-13(18)12(9-10)14(19)17-8-2-1-3-11(17)6-7-16/h4-5,9,11,18H,1-3,6-8,16H2. The lowest BCUT2D eigenvalue weighted by molar-refractivity contribution is 0.0602. The zero-order valence-corrected chi connectivity index (χ0v) is 11.6. The zero-order valence-electron chi connectivity index (χ0n) is 10.8. The second-order valence-electron chi connectivity index (χ2n) is 4.89. The molecular weight excluding hydrogens is 264 g/mol. The summed E-state index contributed by atoms with van der Waals surface area (Å²) >= 11 is 5.90. The van der Waals surface area contributed by atoms with E-state index in [1.54, 1.807) is 6.07 Å². The van der Waals surface area contributed by atoms with E-state index in [-0.39, 0.29) is 23.3 Å². The third kappa shape index (κ3) is 3.19. The third-order valence-corrected chi connectivity index (χ3v) is 3.81. The highest BCUT2D eigenvalue weighted by molar-refractivity contribution is 6.31. The third-order valence-electron chi connectivity index (χ3n) is 3.58. The van der Waals surface area contributed by atoms with E-state index in [4.69, 9.17) is 17.3 Å². The number of benzene rings is 1. The molecule has 1 aliphatic rings. The van der Waals surface area contributed by atoms with Crippen LogP contribution in [-0.2, 0) is 0 Å². The second-order valence-corrected chi connectivity index (χ2v) is 5.32. The van der Waals surface area contributed by atoms with Gasteiger partial charge >= 0.3 is 0 Å². The fourth-order valence-electron chi connectivity index (χ4n) is 2.59. The van der Waals surface area contributed by atoms with Gasteiger partial charge in [0.15, 0.2) is 0 Å². The Morgan fingerprint density at radius 1 is 1.47 bits per heavy atom. The number of phenolic OH excluding ortho intramolecular Hbond substituents is 1. The van der Waals surface area contributed by atoms with Crippen molar-refractivity contribution in [3.05, 3.63) is 28.8 Å². The minimum atomic E-state index is -0.154. The van der Waals surface area contributed by atoms with Crippen LogP contribution >= 0.6 is 11.6 Å². The highest BCUT2D eigenvalue weighted by atomic mass is 35.5. The maximum atomic E-state index is 12.5. The topological polar surface area (TPSA) is 66.6 Å². The number of nitrogens with two attached hydrogens (primary N) is 1. The van der Waals surface area contributed by atoms with E-state index in [1.807, 2.05) is 4.90 Å². The Bertz CT molecular complexity index is 463. The number of rotatable bonds is 3. The lowest BCUT2D eigenvalue weighted by Gasteiger charge is -2.35. The van der Waals surface area contributed by atoms with Gasteiger partial charge in [-0.05, 0) is 50.4 Å². The number of hydrogen-bond donors (Lipinski definition) is 2. The van der Waals surface area contributed by atoms with Crippen molar-refractivity contribution in [1.82, 2.24) is 4.90 Å². The normalized spacial score (nSPS) is 19.5. The lowest BCUT2D eigenvalue weighted by atomic mass is 9.98. The number of halogens is 1. The van der Waals surface area contributed by atoms with E-state index >= 15 is 0 Å². The Labute approximate surface area is 118 Å². The van der Waals surface area contributed by atoms with Crippen LogP contribution in [0.1, 0.15) is 36.0 Å². The molecule has 5 heteroatoms. The van der Waals surface area contributed by atoms with Gasteiger partial charge in [0.1, 0.15) is 5.75 Å². The molecule has 104 valence electrons. The molecule has 1 aliphatic heterocycles. The molecule has 0 aliphatic carbocycles. The van der Waals surface area contributed by atoms with Crippen molar-refractivity contribution in [2.24, 2.45) is 5.73 Å². The summed E-state index contributed by atoms with van der Waals surface area (Å²) in [6.07, 6.45) is 3.89. The van der Waals surface area contributed by atoms with Gasteiger partial charge < -0.3 is 15.7 Å². The summed E-state index contributed by atoms with van der Waals surface area (Å²) in [5.74, 6) is -0.176. The fraction of sp³-hybridized carbons (Fsp3) is 0.500. The molecule has 0 radical (unpaired) electrons. The van der Waals surface area contributed by atoms with E-state index in [1.165, 1.54) is 12.1 Å². The highest BCUT2D eigenvalue weighted by Gasteiger charge is 2.28. The molecule has 1 aromatic rings.